The Kier molecular flexibility index (Phi) is 24.2. The fraction of sp³-hybridized carbons (Fsp3) is 0.750. The van der Waals surface area contributed by atoms with E-state index in [0.29, 0.717) is 0 Å². The number of ether oxygens (including phenoxy) is 1. The summed E-state index contributed by atoms with van der Waals surface area (Å²) in [6.45, 7) is 3.83. The average Bonchev–Trinajstić information content (AvgIpc) is 1.38. The van der Waals surface area contributed by atoms with Crippen LogP contribution in [0.5, 0.6) is 0 Å². The molecule has 0 unspecified atom stereocenters. The van der Waals surface area contributed by atoms with Crippen molar-refractivity contribution in [3.05, 3.63) is 6.10 Å². The van der Waals surface area contributed by atoms with Crippen molar-refractivity contribution < 1.29 is 57.9 Å². The third-order valence-electron chi connectivity index (χ3n) is 0.408. The molecule has 3 heteroatoms. The summed E-state index contributed by atoms with van der Waals surface area (Å²) in [6, 6.07) is 0. The topological polar surface area (TPSA) is 9.23 Å². The van der Waals surface area contributed by atoms with Crippen molar-refractivity contribution in [2.24, 2.45) is 0 Å². The number of methoxy groups -OCH3 is 1. The summed E-state index contributed by atoms with van der Waals surface area (Å²) in [7, 11) is 1.66. The molecule has 0 saturated heterocycles. The van der Waals surface area contributed by atoms with Crippen LogP contribution in [0.15, 0.2) is 0 Å². The van der Waals surface area contributed by atoms with E-state index in [1.807, 2.05) is 13.8 Å². The zero-order chi connectivity index (χ0) is 4.28. The molecular formula is C4H9OReY-. The van der Waals surface area contributed by atoms with Crippen molar-refractivity contribution in [3.63, 3.8) is 0 Å². The molecule has 0 N–H and O–H groups in total. The average molecular weight is 348 g/mol. The van der Waals surface area contributed by atoms with Crippen LogP contribution in [0.1, 0.15) is 13.8 Å². The molecule has 1 nitrogen and oxygen atoms in total. The van der Waals surface area contributed by atoms with Crippen molar-refractivity contribution in [2.75, 3.05) is 7.11 Å². The Bertz CT molecular complexity index is 25.7. The van der Waals surface area contributed by atoms with Gasteiger partial charge in [0, 0.05) is 53.1 Å². The summed E-state index contributed by atoms with van der Waals surface area (Å²) >= 11 is 0. The van der Waals surface area contributed by atoms with Crippen LogP contribution in [0, 0.1) is 6.10 Å². The quantitative estimate of drug-likeness (QED) is 0.647. The molecule has 7 heavy (non-hydrogen) atoms. The third-order valence-corrected chi connectivity index (χ3v) is 0.408. The Hall–Kier alpha value is 1.73. The number of hydrogen-bond donors (Lipinski definition) is 0. The van der Waals surface area contributed by atoms with Crippen LogP contribution in [0.4, 0.5) is 0 Å². The van der Waals surface area contributed by atoms with Crippen LogP contribution in [0.3, 0.4) is 0 Å². The Morgan fingerprint density at radius 3 is 1.43 bits per heavy atom. The standard InChI is InChI=1S/C4H9O.Re.Y/c1-4(2)5-3;;/h1-3H3;;/q-1;;. The van der Waals surface area contributed by atoms with Gasteiger partial charge in [0.25, 0.3) is 0 Å². The molecule has 0 spiro atoms. The van der Waals surface area contributed by atoms with E-state index >= 15 is 0 Å². The van der Waals surface area contributed by atoms with Gasteiger partial charge >= 0.3 is 0 Å². The van der Waals surface area contributed by atoms with E-state index in [2.05, 4.69) is 4.74 Å². The molecule has 0 heterocycles. The zero-order valence-electron chi connectivity index (χ0n) is 4.86. The monoisotopic (exact) mass is 349 g/mol. The van der Waals surface area contributed by atoms with Crippen LogP contribution in [-0.2, 0) is 57.9 Å². The van der Waals surface area contributed by atoms with Gasteiger partial charge in [-0.3, -0.25) is 0 Å². The summed E-state index contributed by atoms with van der Waals surface area (Å²) < 4.78 is 4.67. The van der Waals surface area contributed by atoms with Gasteiger partial charge in [0.2, 0.25) is 0 Å². The minimum Gasteiger partial charge on any atom is -0.552 e. The Labute approximate surface area is 84.1 Å². The van der Waals surface area contributed by atoms with E-state index in [-0.39, 0.29) is 53.1 Å². The summed E-state index contributed by atoms with van der Waals surface area (Å²) in [6.07, 6.45) is 1.00. The summed E-state index contributed by atoms with van der Waals surface area (Å²) in [5, 5.41) is 0. The molecule has 0 saturated carbocycles. The molecule has 0 bridgehead atoms. The van der Waals surface area contributed by atoms with E-state index in [4.69, 9.17) is 0 Å². The fourth-order valence-electron chi connectivity index (χ4n) is 0. The SMILES string of the molecule is CO[C-](C)C.[Re].[Y]. The predicted octanol–water partition coefficient (Wildman–Crippen LogP) is 1.20. The molecule has 2 radical (unpaired) electrons. The largest absolute Gasteiger partial charge is 0.552 e. The van der Waals surface area contributed by atoms with Crippen molar-refractivity contribution in [1.29, 1.82) is 0 Å². The maximum absolute atomic E-state index is 4.67. The van der Waals surface area contributed by atoms with Crippen LogP contribution in [0.2, 0.25) is 0 Å². The smallest absolute Gasteiger partial charge is 0 e. The van der Waals surface area contributed by atoms with E-state index < -0.39 is 0 Å². The first-order valence-corrected chi connectivity index (χ1v) is 1.61. The van der Waals surface area contributed by atoms with Gasteiger partial charge in [-0.1, -0.05) is 0 Å². The first-order chi connectivity index (χ1) is 2.27. The van der Waals surface area contributed by atoms with Gasteiger partial charge in [0.05, 0.1) is 0 Å². The van der Waals surface area contributed by atoms with Crippen LogP contribution >= 0.6 is 0 Å². The van der Waals surface area contributed by atoms with Crippen molar-refractivity contribution in [1.82, 2.24) is 0 Å². The maximum Gasteiger partial charge on any atom is 0 e. The second kappa shape index (κ2) is 10.7. The molecular weight excluding hydrogens is 339 g/mol. The van der Waals surface area contributed by atoms with Crippen molar-refractivity contribution >= 4 is 0 Å². The van der Waals surface area contributed by atoms with Gasteiger partial charge in [-0.25, -0.2) is 6.10 Å². The predicted molar refractivity (Wildman–Crippen MR) is 21.6 cm³/mol. The van der Waals surface area contributed by atoms with Crippen LogP contribution < -0.4 is 0 Å². The van der Waals surface area contributed by atoms with Gasteiger partial charge in [-0.2, -0.15) is 13.8 Å². The van der Waals surface area contributed by atoms with Gasteiger partial charge in [-0.05, 0) is 7.11 Å². The molecule has 0 aromatic heterocycles. The normalized spacial score (nSPS) is 6.86. The van der Waals surface area contributed by atoms with Crippen LogP contribution in [0.25, 0.3) is 0 Å². The number of rotatable bonds is 1. The van der Waals surface area contributed by atoms with E-state index in [1.54, 1.807) is 7.11 Å². The summed E-state index contributed by atoms with van der Waals surface area (Å²) in [4.78, 5) is 0. The fourth-order valence-corrected chi connectivity index (χ4v) is 0. The van der Waals surface area contributed by atoms with Gasteiger partial charge in [0.1, 0.15) is 0 Å². The van der Waals surface area contributed by atoms with Gasteiger partial charge < -0.3 is 4.74 Å². The minimum atomic E-state index is 0. The summed E-state index contributed by atoms with van der Waals surface area (Å²) in [5.41, 5.74) is 0. The molecule has 0 rings (SSSR count). The molecule has 0 amide bonds. The molecule has 0 atom stereocenters. The van der Waals surface area contributed by atoms with Crippen molar-refractivity contribution in [2.45, 2.75) is 13.8 Å². The van der Waals surface area contributed by atoms with E-state index in [1.165, 1.54) is 0 Å². The Morgan fingerprint density at radius 2 is 1.43 bits per heavy atom. The summed E-state index contributed by atoms with van der Waals surface area (Å²) in [5.74, 6) is 0. The third kappa shape index (κ3) is 18.2. The first kappa shape index (κ1) is 15.9. The van der Waals surface area contributed by atoms with Crippen molar-refractivity contribution in [3.8, 4) is 0 Å². The second-order valence-electron chi connectivity index (χ2n) is 1.11. The number of hydrogen-bond acceptors (Lipinski definition) is 1. The molecule has 0 aliphatic carbocycles. The molecule has 0 aromatic rings. The maximum atomic E-state index is 4.67. The molecule has 0 aliphatic heterocycles. The molecule has 0 aliphatic rings. The Morgan fingerprint density at radius 1 is 1.29 bits per heavy atom. The second-order valence-corrected chi connectivity index (χ2v) is 1.11. The molecule has 0 fully saturated rings. The molecule has 0 aromatic carbocycles. The molecule has 42 valence electrons. The van der Waals surface area contributed by atoms with E-state index in [0.717, 1.165) is 6.10 Å². The Balaban J connectivity index is -0.0000000800. The zero-order valence-corrected chi connectivity index (χ0v) is 10.4. The van der Waals surface area contributed by atoms with Gasteiger partial charge in [-0.15, -0.1) is 0 Å². The first-order valence-electron chi connectivity index (χ1n) is 1.61. The van der Waals surface area contributed by atoms with Crippen LogP contribution in [-0.4, -0.2) is 7.11 Å². The van der Waals surface area contributed by atoms with Gasteiger partial charge in [0.15, 0.2) is 0 Å². The minimum absolute atomic E-state index is 0. The van der Waals surface area contributed by atoms with E-state index in [9.17, 15) is 0 Å².